The van der Waals surface area contributed by atoms with Crippen LogP contribution in [0.2, 0.25) is 0 Å². The van der Waals surface area contributed by atoms with Crippen LogP contribution in [0, 0.1) is 5.92 Å². The summed E-state index contributed by atoms with van der Waals surface area (Å²) < 4.78 is 4.95. The fourth-order valence-electron chi connectivity index (χ4n) is 2.63. The minimum Gasteiger partial charge on any atom is -0.385 e. The number of likely N-dealkylation sites (tertiary alicyclic amines) is 1. The molecule has 0 aromatic carbocycles. The molecule has 1 aliphatic heterocycles. The van der Waals surface area contributed by atoms with Crippen molar-refractivity contribution in [3.8, 4) is 0 Å². The number of nitrogens with one attached hydrogen (secondary N) is 3. The Hall–Kier alpha value is -1.67. The molecular weight excluding hydrogens is 312 g/mol. The maximum Gasteiger partial charge on any atom is 0.234 e. The van der Waals surface area contributed by atoms with Crippen LogP contribution >= 0.6 is 0 Å². The number of rotatable bonds is 10. The van der Waals surface area contributed by atoms with E-state index in [0.717, 1.165) is 32.4 Å². The van der Waals surface area contributed by atoms with Crippen molar-refractivity contribution >= 4 is 17.7 Å². The number of amides is 3. The minimum atomic E-state index is -0.105. The van der Waals surface area contributed by atoms with Gasteiger partial charge in [0.2, 0.25) is 17.7 Å². The lowest BCUT2D eigenvalue weighted by atomic mass is 9.96. The Morgan fingerprint density at radius 2 is 1.71 bits per heavy atom. The van der Waals surface area contributed by atoms with Gasteiger partial charge in [0.05, 0.1) is 6.54 Å². The topological polar surface area (TPSA) is 99.8 Å². The highest BCUT2D eigenvalue weighted by molar-refractivity contribution is 5.79. The van der Waals surface area contributed by atoms with E-state index in [1.54, 1.807) is 7.11 Å². The van der Waals surface area contributed by atoms with Crippen molar-refractivity contribution in [2.75, 3.05) is 53.0 Å². The average Bonchev–Trinajstić information content (AvgIpc) is 2.56. The second-order valence-corrected chi connectivity index (χ2v) is 6.02. The molecule has 0 bridgehead atoms. The Kier molecular flexibility index (Phi) is 10.0. The third kappa shape index (κ3) is 8.83. The number of methoxy groups -OCH3 is 1. The Labute approximate surface area is 143 Å². The Bertz CT molecular complexity index is 409. The van der Waals surface area contributed by atoms with E-state index in [1.807, 2.05) is 0 Å². The Balaban J connectivity index is 2.12. The summed E-state index contributed by atoms with van der Waals surface area (Å²) in [7, 11) is 1.65. The zero-order chi connectivity index (χ0) is 17.8. The molecule has 0 saturated carbocycles. The van der Waals surface area contributed by atoms with Crippen molar-refractivity contribution in [2.24, 2.45) is 5.92 Å². The van der Waals surface area contributed by atoms with Crippen LogP contribution in [0.25, 0.3) is 0 Å². The maximum absolute atomic E-state index is 12.0. The van der Waals surface area contributed by atoms with Crippen LogP contribution < -0.4 is 16.0 Å². The van der Waals surface area contributed by atoms with Gasteiger partial charge in [-0.3, -0.25) is 19.3 Å². The molecule has 1 rings (SSSR count). The summed E-state index contributed by atoms with van der Waals surface area (Å²) in [6.07, 6.45) is 2.37. The first-order valence-corrected chi connectivity index (χ1v) is 8.53. The fourth-order valence-corrected chi connectivity index (χ4v) is 2.63. The lowest BCUT2D eigenvalue weighted by Gasteiger charge is -2.30. The third-order valence-electron chi connectivity index (χ3n) is 3.97. The summed E-state index contributed by atoms with van der Waals surface area (Å²) in [4.78, 5) is 36.6. The van der Waals surface area contributed by atoms with Crippen molar-refractivity contribution in [3.05, 3.63) is 0 Å². The first-order chi connectivity index (χ1) is 11.5. The van der Waals surface area contributed by atoms with Crippen molar-refractivity contribution in [2.45, 2.75) is 26.2 Å². The Morgan fingerprint density at radius 1 is 1.04 bits per heavy atom. The highest BCUT2D eigenvalue weighted by Gasteiger charge is 2.25. The number of nitrogens with zero attached hydrogens (tertiary/aromatic N) is 1. The minimum absolute atomic E-state index is 0.0339. The number of hydrogen-bond acceptors (Lipinski definition) is 5. The molecule has 3 N–H and O–H groups in total. The summed E-state index contributed by atoms with van der Waals surface area (Å²) in [5.41, 5.74) is 0. The van der Waals surface area contributed by atoms with Crippen molar-refractivity contribution in [3.63, 3.8) is 0 Å². The van der Waals surface area contributed by atoms with Gasteiger partial charge in [0.1, 0.15) is 0 Å². The van der Waals surface area contributed by atoms with Gasteiger partial charge in [0, 0.05) is 46.2 Å². The first-order valence-electron chi connectivity index (χ1n) is 8.53. The molecule has 0 aromatic rings. The van der Waals surface area contributed by atoms with Crippen LogP contribution in [-0.2, 0) is 19.1 Å². The smallest absolute Gasteiger partial charge is 0.234 e. The highest BCUT2D eigenvalue weighted by Crippen LogP contribution is 2.16. The third-order valence-corrected chi connectivity index (χ3v) is 3.97. The van der Waals surface area contributed by atoms with Crippen molar-refractivity contribution in [1.82, 2.24) is 20.9 Å². The van der Waals surface area contributed by atoms with Gasteiger partial charge in [0.15, 0.2) is 0 Å². The van der Waals surface area contributed by atoms with Gasteiger partial charge >= 0.3 is 0 Å². The molecule has 1 saturated heterocycles. The summed E-state index contributed by atoms with van der Waals surface area (Å²) in [5, 5.41) is 8.34. The monoisotopic (exact) mass is 342 g/mol. The lowest BCUT2D eigenvalue weighted by Crippen LogP contribution is -2.45. The molecule has 0 spiro atoms. The van der Waals surface area contributed by atoms with Crippen LogP contribution in [0.3, 0.4) is 0 Å². The molecule has 138 valence electrons. The van der Waals surface area contributed by atoms with Gasteiger partial charge in [-0.05, 0) is 32.4 Å². The predicted molar refractivity (Wildman–Crippen MR) is 90.4 cm³/mol. The van der Waals surface area contributed by atoms with E-state index in [-0.39, 0.29) is 23.6 Å². The second kappa shape index (κ2) is 11.8. The van der Waals surface area contributed by atoms with E-state index in [1.165, 1.54) is 6.92 Å². The van der Waals surface area contributed by atoms with Crippen LogP contribution in [0.1, 0.15) is 26.2 Å². The number of carbonyl (C=O) groups is 3. The van der Waals surface area contributed by atoms with Crippen LogP contribution in [0.15, 0.2) is 0 Å². The zero-order valence-corrected chi connectivity index (χ0v) is 14.7. The first kappa shape index (κ1) is 20.4. The van der Waals surface area contributed by atoms with Crippen LogP contribution in [-0.4, -0.2) is 75.6 Å². The summed E-state index contributed by atoms with van der Waals surface area (Å²) >= 11 is 0. The summed E-state index contributed by atoms with van der Waals surface area (Å²) in [6.45, 7) is 5.43. The average molecular weight is 342 g/mol. The summed E-state index contributed by atoms with van der Waals surface area (Å²) in [6, 6.07) is 0. The molecule has 8 nitrogen and oxygen atoms in total. The Morgan fingerprint density at radius 3 is 2.33 bits per heavy atom. The summed E-state index contributed by atoms with van der Waals surface area (Å²) in [5.74, 6) is -0.0215. The molecular formula is C16H30N4O4. The molecule has 0 radical (unpaired) electrons. The van der Waals surface area contributed by atoms with Crippen molar-refractivity contribution < 1.29 is 19.1 Å². The fraction of sp³-hybridized carbons (Fsp3) is 0.812. The molecule has 8 heteroatoms. The van der Waals surface area contributed by atoms with E-state index >= 15 is 0 Å². The molecule has 0 aromatic heterocycles. The number of hydrogen-bond donors (Lipinski definition) is 3. The molecule has 3 amide bonds. The van der Waals surface area contributed by atoms with Gasteiger partial charge in [-0.15, -0.1) is 0 Å². The van der Waals surface area contributed by atoms with E-state index in [4.69, 9.17) is 4.74 Å². The highest BCUT2D eigenvalue weighted by atomic mass is 16.5. The lowest BCUT2D eigenvalue weighted by molar-refractivity contribution is -0.127. The second-order valence-electron chi connectivity index (χ2n) is 6.02. The molecule has 1 heterocycles. The number of piperidine rings is 1. The van der Waals surface area contributed by atoms with Crippen LogP contribution in [0.4, 0.5) is 0 Å². The van der Waals surface area contributed by atoms with Gasteiger partial charge in [-0.1, -0.05) is 0 Å². The molecule has 0 aliphatic carbocycles. The van der Waals surface area contributed by atoms with Gasteiger partial charge in [0.25, 0.3) is 0 Å². The largest absolute Gasteiger partial charge is 0.385 e. The van der Waals surface area contributed by atoms with E-state index in [9.17, 15) is 14.4 Å². The number of ether oxygens (including phenoxy) is 1. The van der Waals surface area contributed by atoms with Gasteiger partial charge in [-0.2, -0.15) is 0 Å². The molecule has 1 fully saturated rings. The van der Waals surface area contributed by atoms with Gasteiger partial charge < -0.3 is 20.7 Å². The van der Waals surface area contributed by atoms with Gasteiger partial charge in [-0.25, -0.2) is 0 Å². The number of carbonyl (C=O) groups excluding carboxylic acids is 3. The molecule has 0 atom stereocenters. The quantitative estimate of drug-likeness (QED) is 0.447. The zero-order valence-electron chi connectivity index (χ0n) is 14.7. The maximum atomic E-state index is 12.0. The molecule has 0 unspecified atom stereocenters. The van der Waals surface area contributed by atoms with E-state index in [2.05, 4.69) is 20.9 Å². The molecule has 1 aliphatic rings. The molecule has 24 heavy (non-hydrogen) atoms. The predicted octanol–water partition coefficient (Wildman–Crippen LogP) is -0.897. The normalized spacial score (nSPS) is 15.8. The van der Waals surface area contributed by atoms with Crippen molar-refractivity contribution in [1.29, 1.82) is 0 Å². The standard InChI is InChI=1S/C16H30N4O4/c1-13(21)17-7-8-18-15(22)12-20-9-4-14(5-10-20)16(23)19-6-3-11-24-2/h14H,3-12H2,1-2H3,(H,17,21)(H,18,22)(H,19,23). The van der Waals surface area contributed by atoms with E-state index < -0.39 is 0 Å². The van der Waals surface area contributed by atoms with Crippen LogP contribution in [0.5, 0.6) is 0 Å². The van der Waals surface area contributed by atoms with E-state index in [0.29, 0.717) is 32.8 Å². The SMILES string of the molecule is COCCCNC(=O)C1CCN(CC(=O)NCCNC(C)=O)CC1.